The van der Waals surface area contributed by atoms with Crippen molar-refractivity contribution in [3.63, 3.8) is 0 Å². The Labute approximate surface area is 192 Å². The summed E-state index contributed by atoms with van der Waals surface area (Å²) >= 11 is 0. The van der Waals surface area contributed by atoms with Gasteiger partial charge in [-0.15, -0.1) is 0 Å². The Morgan fingerprint density at radius 2 is 0.778 bits per heavy atom. The fraction of sp³-hybridized carbons (Fsp3) is 1.00. The van der Waals surface area contributed by atoms with E-state index in [9.17, 15) is 74.6 Å². The van der Waals surface area contributed by atoms with E-state index in [-0.39, 0.29) is 0 Å². The summed E-state index contributed by atoms with van der Waals surface area (Å²) in [7, 11) is -4.83. The van der Waals surface area contributed by atoms with Crippen molar-refractivity contribution in [2.45, 2.75) is 72.9 Å². The zero-order valence-corrected chi connectivity index (χ0v) is 18.8. The minimum absolute atomic E-state index is 0.293. The summed E-state index contributed by atoms with van der Waals surface area (Å²) in [4.78, 5) is 0. The molecule has 7 unspecified atom stereocenters. The Bertz CT molecular complexity index is 686. The molecule has 0 aromatic carbocycles. The van der Waals surface area contributed by atoms with Gasteiger partial charge in [0.15, 0.2) is 30.9 Å². The highest BCUT2D eigenvalue weighted by atomic mass is 28.4. The third-order valence-corrected chi connectivity index (χ3v) is 7.49. The van der Waals surface area contributed by atoms with Crippen molar-refractivity contribution < 1.29 is 87.9 Å². The third-order valence-electron chi connectivity index (χ3n) is 4.80. The molecule has 3 nitrogen and oxygen atoms in total. The number of halogens is 17. The molecule has 0 aliphatic carbocycles. The molecule has 0 radical (unpaired) electrons. The van der Waals surface area contributed by atoms with Gasteiger partial charge in [0.1, 0.15) is 0 Å². The average molecular weight is 596 g/mol. The van der Waals surface area contributed by atoms with Crippen LogP contribution in [-0.4, -0.2) is 103 Å². The first kappa shape index (κ1) is 34.9. The molecule has 218 valence electrons. The van der Waals surface area contributed by atoms with Gasteiger partial charge in [-0.1, -0.05) is 0 Å². The highest BCUT2D eigenvalue weighted by Crippen LogP contribution is 2.57. The molecule has 0 rings (SSSR count). The van der Waals surface area contributed by atoms with E-state index in [0.717, 1.165) is 0 Å². The predicted molar refractivity (Wildman–Crippen MR) is 86.8 cm³/mol. The Morgan fingerprint density at radius 1 is 0.472 bits per heavy atom. The van der Waals surface area contributed by atoms with Crippen LogP contribution < -0.4 is 0 Å². The van der Waals surface area contributed by atoms with Crippen LogP contribution in [0.25, 0.3) is 0 Å². The molecule has 0 aromatic rings. The second-order valence-electron chi connectivity index (χ2n) is 6.93. The summed E-state index contributed by atoms with van der Waals surface area (Å²) in [5.41, 5.74) is 0. The summed E-state index contributed by atoms with van der Waals surface area (Å²) in [5.74, 6) is -34.7. The van der Waals surface area contributed by atoms with Crippen LogP contribution in [0.5, 0.6) is 0 Å². The van der Waals surface area contributed by atoms with Crippen molar-refractivity contribution in [2.75, 3.05) is 21.3 Å². The molecule has 0 saturated heterocycles. The Hall–Kier alpha value is -1.09. The van der Waals surface area contributed by atoms with Crippen molar-refractivity contribution >= 4 is 8.80 Å². The quantitative estimate of drug-likeness (QED) is 0.183. The number of hydrogen-bond donors (Lipinski definition) is 0. The molecule has 21 heteroatoms. The molecule has 0 aliphatic rings. The van der Waals surface area contributed by atoms with Crippen LogP contribution in [0.2, 0.25) is 0 Å². The lowest BCUT2D eigenvalue weighted by molar-refractivity contribution is -0.384. The van der Waals surface area contributed by atoms with E-state index in [1.807, 2.05) is 0 Å². The van der Waals surface area contributed by atoms with Gasteiger partial charge in [-0.2, -0.15) is 35.1 Å². The predicted octanol–water partition coefficient (Wildman–Crippen LogP) is 5.58. The molecule has 0 spiro atoms. The van der Waals surface area contributed by atoms with E-state index in [2.05, 4.69) is 13.3 Å². The van der Waals surface area contributed by atoms with E-state index in [1.165, 1.54) is 0 Å². The van der Waals surface area contributed by atoms with Gasteiger partial charge in [-0.3, -0.25) is 0 Å². The number of hydrogen-bond acceptors (Lipinski definition) is 3. The molecule has 0 aliphatic heterocycles. The van der Waals surface area contributed by atoms with Crippen LogP contribution in [0.1, 0.15) is 0 Å². The molecule has 36 heavy (non-hydrogen) atoms. The lowest BCUT2D eigenvalue weighted by Crippen LogP contribution is -2.72. The van der Waals surface area contributed by atoms with E-state index in [0.29, 0.717) is 21.3 Å². The first-order valence-corrected chi connectivity index (χ1v) is 10.7. The largest absolute Gasteiger partial charge is 0.543 e. The Kier molecular flexibility index (Phi) is 11.4. The summed E-state index contributed by atoms with van der Waals surface area (Å²) < 4.78 is 242. The topological polar surface area (TPSA) is 27.7 Å². The highest BCUT2D eigenvalue weighted by molar-refractivity contribution is 6.62. The van der Waals surface area contributed by atoms with E-state index < -0.39 is 81.7 Å². The summed E-state index contributed by atoms with van der Waals surface area (Å²) in [5, 5.41) is 0. The van der Waals surface area contributed by atoms with Crippen molar-refractivity contribution in [1.29, 1.82) is 0 Å². The van der Waals surface area contributed by atoms with Crippen LogP contribution in [0.15, 0.2) is 0 Å². The first-order valence-electron chi connectivity index (χ1n) is 8.93. The monoisotopic (exact) mass is 596 g/mol. The van der Waals surface area contributed by atoms with Gasteiger partial charge >= 0.3 is 32.5 Å². The molecule has 0 heterocycles. The Balaban J connectivity index is 6.28. The maximum absolute atomic E-state index is 14.2. The Morgan fingerprint density at radius 3 is 1.11 bits per heavy atom. The maximum Gasteiger partial charge on any atom is 0.543 e. The van der Waals surface area contributed by atoms with E-state index in [1.54, 1.807) is 0 Å². The molecule has 0 saturated carbocycles. The summed E-state index contributed by atoms with van der Waals surface area (Å²) in [6, 6.07) is 0. The van der Waals surface area contributed by atoms with Gasteiger partial charge in [0.05, 0.1) is 0 Å². The molecule has 0 fully saturated rings. The van der Waals surface area contributed by atoms with Crippen molar-refractivity contribution in [2.24, 2.45) is 0 Å². The lowest BCUT2D eigenvalue weighted by Gasteiger charge is -2.41. The standard InChI is InChI=1S/C15H17F17O3Si/c1-33-36(34-2,35-3)11(24)13(27,28)15(31,32)14(29,30)12(25,26)9(21)7(19)5(17)4(16)6(18)8(20)10(22)23/h4-11H,1-3H3. The molecule has 0 aromatic heterocycles. The van der Waals surface area contributed by atoms with Crippen molar-refractivity contribution in [3.05, 3.63) is 0 Å². The van der Waals surface area contributed by atoms with Gasteiger partial charge in [-0.05, 0) is 0 Å². The van der Waals surface area contributed by atoms with Crippen LogP contribution in [0.3, 0.4) is 0 Å². The molecule has 0 N–H and O–H groups in total. The van der Waals surface area contributed by atoms with Gasteiger partial charge in [0.2, 0.25) is 12.0 Å². The average Bonchev–Trinajstić information content (AvgIpc) is 2.81. The van der Waals surface area contributed by atoms with Gasteiger partial charge in [0, 0.05) is 21.3 Å². The van der Waals surface area contributed by atoms with Crippen LogP contribution in [0, 0.1) is 0 Å². The van der Waals surface area contributed by atoms with Crippen molar-refractivity contribution in [1.82, 2.24) is 0 Å². The van der Waals surface area contributed by atoms with Crippen molar-refractivity contribution in [3.8, 4) is 0 Å². The van der Waals surface area contributed by atoms with Gasteiger partial charge in [0.25, 0.3) is 6.43 Å². The van der Waals surface area contributed by atoms with Gasteiger partial charge < -0.3 is 13.3 Å². The summed E-state index contributed by atoms with van der Waals surface area (Å²) in [6.07, 6.45) is -33.3. The minimum Gasteiger partial charge on any atom is -0.375 e. The zero-order valence-electron chi connectivity index (χ0n) is 17.8. The SMILES string of the molecule is CO[Si](OC)(OC)C(F)C(F)(F)C(F)(F)C(F)(F)C(F)(F)C(F)C(F)C(F)C(F)C(F)C(F)C(F)F. The maximum atomic E-state index is 14.2. The molecule has 7 atom stereocenters. The van der Waals surface area contributed by atoms with E-state index in [4.69, 9.17) is 0 Å². The smallest absolute Gasteiger partial charge is 0.375 e. The van der Waals surface area contributed by atoms with Crippen LogP contribution in [-0.2, 0) is 13.3 Å². The number of alkyl halides is 17. The van der Waals surface area contributed by atoms with E-state index >= 15 is 0 Å². The first-order chi connectivity index (χ1) is 16.0. The highest BCUT2D eigenvalue weighted by Gasteiger charge is 2.87. The second kappa shape index (κ2) is 11.7. The fourth-order valence-electron chi connectivity index (χ4n) is 2.56. The second-order valence-corrected chi connectivity index (χ2v) is 9.87. The minimum atomic E-state index is -7.82. The molecule has 0 bridgehead atoms. The molecular formula is C15H17F17O3Si. The fourth-order valence-corrected chi connectivity index (χ4v) is 4.31. The summed E-state index contributed by atoms with van der Waals surface area (Å²) in [6.45, 7) is 0. The lowest BCUT2D eigenvalue weighted by atomic mass is 9.91. The normalized spacial score (nSPS) is 20.6. The van der Waals surface area contributed by atoms with Crippen LogP contribution in [0.4, 0.5) is 74.6 Å². The zero-order chi connectivity index (χ0) is 29.2. The molecular weight excluding hydrogens is 579 g/mol. The third kappa shape index (κ3) is 5.66. The van der Waals surface area contributed by atoms with Gasteiger partial charge in [-0.25, -0.2) is 39.5 Å². The van der Waals surface area contributed by atoms with Crippen LogP contribution >= 0.6 is 0 Å². The number of rotatable bonds is 15. The molecule has 0 amide bonds.